The topological polar surface area (TPSA) is 54.9 Å². The van der Waals surface area contributed by atoms with Gasteiger partial charge < -0.3 is 14.8 Å². The first kappa shape index (κ1) is 17.7. The quantitative estimate of drug-likeness (QED) is 0.460. The number of methoxy groups -OCH3 is 1. The molecule has 0 atom stereocenters. The molecule has 2 aromatic rings. The van der Waals surface area contributed by atoms with E-state index in [1.165, 1.54) is 0 Å². The molecule has 0 amide bonds. The van der Waals surface area contributed by atoms with Crippen molar-refractivity contribution in [2.75, 3.05) is 13.7 Å². The van der Waals surface area contributed by atoms with E-state index in [-0.39, 0.29) is 0 Å². The normalized spacial score (nSPS) is 10.4. The SMILES string of the molecule is CCOc1ccc(/C=N\NC(=S)NCc2ccc(OC)cc2)cc1. The van der Waals surface area contributed by atoms with Gasteiger partial charge >= 0.3 is 0 Å². The fourth-order valence-electron chi connectivity index (χ4n) is 1.95. The van der Waals surface area contributed by atoms with Gasteiger partial charge in [0.15, 0.2) is 5.11 Å². The van der Waals surface area contributed by atoms with Crippen molar-refractivity contribution in [2.24, 2.45) is 5.10 Å². The standard InChI is InChI=1S/C18H21N3O2S/c1-3-23-17-10-6-15(7-11-17)13-20-21-18(24)19-12-14-4-8-16(22-2)9-5-14/h4-11,13H,3,12H2,1-2H3,(H2,19,21,24)/b20-13-. The minimum Gasteiger partial charge on any atom is -0.497 e. The summed E-state index contributed by atoms with van der Waals surface area (Å²) in [5.41, 5.74) is 4.87. The summed E-state index contributed by atoms with van der Waals surface area (Å²) in [4.78, 5) is 0. The monoisotopic (exact) mass is 343 g/mol. The fourth-order valence-corrected chi connectivity index (χ4v) is 2.07. The second-order valence-electron chi connectivity index (χ2n) is 4.90. The Balaban J connectivity index is 1.75. The third-order valence-electron chi connectivity index (χ3n) is 3.18. The van der Waals surface area contributed by atoms with Crippen molar-refractivity contribution < 1.29 is 9.47 Å². The molecule has 126 valence electrons. The van der Waals surface area contributed by atoms with Gasteiger partial charge in [-0.25, -0.2) is 0 Å². The van der Waals surface area contributed by atoms with Crippen LogP contribution in [0.5, 0.6) is 11.5 Å². The Kier molecular flexibility index (Phi) is 7.04. The summed E-state index contributed by atoms with van der Waals surface area (Å²) in [6.07, 6.45) is 1.71. The van der Waals surface area contributed by atoms with Crippen LogP contribution in [0.15, 0.2) is 53.6 Å². The molecule has 5 nitrogen and oxygen atoms in total. The Morgan fingerprint density at radius 3 is 2.38 bits per heavy atom. The predicted molar refractivity (Wildman–Crippen MR) is 101 cm³/mol. The fraction of sp³-hybridized carbons (Fsp3) is 0.222. The van der Waals surface area contributed by atoms with Gasteiger partial charge in [0.25, 0.3) is 0 Å². The molecule has 0 aliphatic rings. The molecule has 0 saturated heterocycles. The summed E-state index contributed by atoms with van der Waals surface area (Å²) in [6, 6.07) is 15.5. The number of hydrogen-bond donors (Lipinski definition) is 2. The third-order valence-corrected chi connectivity index (χ3v) is 3.42. The average molecular weight is 343 g/mol. The number of benzene rings is 2. The third kappa shape index (κ3) is 5.89. The Hall–Kier alpha value is -2.60. The lowest BCUT2D eigenvalue weighted by molar-refractivity contribution is 0.340. The highest BCUT2D eigenvalue weighted by atomic mass is 32.1. The highest BCUT2D eigenvalue weighted by Gasteiger charge is 1.97. The molecule has 6 heteroatoms. The Bertz CT molecular complexity index is 670. The van der Waals surface area contributed by atoms with E-state index in [9.17, 15) is 0 Å². The Morgan fingerprint density at radius 1 is 1.08 bits per heavy atom. The lowest BCUT2D eigenvalue weighted by Crippen LogP contribution is -2.31. The molecular weight excluding hydrogens is 322 g/mol. The molecule has 24 heavy (non-hydrogen) atoms. The largest absolute Gasteiger partial charge is 0.497 e. The van der Waals surface area contributed by atoms with Crippen molar-refractivity contribution in [1.82, 2.24) is 10.7 Å². The van der Waals surface area contributed by atoms with Gasteiger partial charge in [0.05, 0.1) is 19.9 Å². The number of thiocarbonyl (C=S) groups is 1. The van der Waals surface area contributed by atoms with Crippen LogP contribution in [0.1, 0.15) is 18.1 Å². The molecule has 0 bridgehead atoms. The van der Waals surface area contributed by atoms with Crippen LogP contribution in [0.2, 0.25) is 0 Å². The summed E-state index contributed by atoms with van der Waals surface area (Å²) in [7, 11) is 1.65. The van der Waals surface area contributed by atoms with Crippen LogP contribution in [0.25, 0.3) is 0 Å². The molecular formula is C18H21N3O2S. The maximum atomic E-state index is 5.39. The molecule has 0 saturated carbocycles. The van der Waals surface area contributed by atoms with Crippen LogP contribution in [0, 0.1) is 0 Å². The molecule has 2 N–H and O–H groups in total. The number of hydrogen-bond acceptors (Lipinski definition) is 4. The first-order valence-corrected chi connectivity index (χ1v) is 8.04. The van der Waals surface area contributed by atoms with E-state index in [4.69, 9.17) is 21.7 Å². The van der Waals surface area contributed by atoms with Gasteiger partial charge in [-0.05, 0) is 66.7 Å². The van der Waals surface area contributed by atoms with E-state index in [2.05, 4.69) is 15.8 Å². The van der Waals surface area contributed by atoms with Crippen molar-refractivity contribution in [3.8, 4) is 11.5 Å². The van der Waals surface area contributed by atoms with Crippen LogP contribution < -0.4 is 20.2 Å². The number of hydrazone groups is 1. The molecule has 2 aromatic carbocycles. The van der Waals surface area contributed by atoms with E-state index in [0.29, 0.717) is 18.3 Å². The van der Waals surface area contributed by atoms with Crippen LogP contribution in [0.4, 0.5) is 0 Å². The zero-order valence-electron chi connectivity index (χ0n) is 13.8. The lowest BCUT2D eigenvalue weighted by atomic mass is 10.2. The minimum atomic E-state index is 0.466. The summed E-state index contributed by atoms with van der Waals surface area (Å²) >= 11 is 5.19. The molecule has 2 rings (SSSR count). The number of nitrogens with one attached hydrogen (secondary N) is 2. The Labute approximate surface area is 147 Å². The van der Waals surface area contributed by atoms with E-state index in [0.717, 1.165) is 22.6 Å². The zero-order chi connectivity index (χ0) is 17.2. The minimum absolute atomic E-state index is 0.466. The van der Waals surface area contributed by atoms with Gasteiger partial charge in [-0.1, -0.05) is 12.1 Å². The average Bonchev–Trinajstić information content (AvgIpc) is 2.62. The predicted octanol–water partition coefficient (Wildman–Crippen LogP) is 3.09. The maximum Gasteiger partial charge on any atom is 0.187 e. The smallest absolute Gasteiger partial charge is 0.187 e. The van der Waals surface area contributed by atoms with E-state index >= 15 is 0 Å². The van der Waals surface area contributed by atoms with Gasteiger partial charge in [-0.2, -0.15) is 5.10 Å². The molecule has 0 aliphatic carbocycles. The van der Waals surface area contributed by atoms with E-state index < -0.39 is 0 Å². The van der Waals surface area contributed by atoms with Gasteiger partial charge in [-0.3, -0.25) is 5.43 Å². The number of rotatable bonds is 7. The summed E-state index contributed by atoms with van der Waals surface area (Å²) in [6.45, 7) is 3.23. The highest BCUT2D eigenvalue weighted by Crippen LogP contribution is 2.11. The van der Waals surface area contributed by atoms with Gasteiger partial charge in [0.2, 0.25) is 0 Å². The van der Waals surface area contributed by atoms with Crippen molar-refractivity contribution in [2.45, 2.75) is 13.5 Å². The van der Waals surface area contributed by atoms with Crippen molar-refractivity contribution in [3.05, 3.63) is 59.7 Å². The molecule has 0 aromatic heterocycles. The van der Waals surface area contributed by atoms with Gasteiger partial charge in [-0.15, -0.1) is 0 Å². The first-order chi connectivity index (χ1) is 11.7. The second kappa shape index (κ2) is 9.52. The lowest BCUT2D eigenvalue weighted by Gasteiger charge is -2.07. The molecule has 0 fully saturated rings. The van der Waals surface area contributed by atoms with Crippen molar-refractivity contribution >= 4 is 23.5 Å². The van der Waals surface area contributed by atoms with Gasteiger partial charge in [0.1, 0.15) is 11.5 Å². The molecule has 0 unspecified atom stereocenters. The van der Waals surface area contributed by atoms with Crippen LogP contribution in [0.3, 0.4) is 0 Å². The van der Waals surface area contributed by atoms with Gasteiger partial charge in [0, 0.05) is 6.54 Å². The molecule has 0 spiro atoms. The zero-order valence-corrected chi connectivity index (χ0v) is 14.6. The highest BCUT2D eigenvalue weighted by molar-refractivity contribution is 7.80. The molecule has 0 aliphatic heterocycles. The summed E-state index contributed by atoms with van der Waals surface area (Å²) in [5.74, 6) is 1.68. The summed E-state index contributed by atoms with van der Waals surface area (Å²) in [5, 5.41) is 7.68. The van der Waals surface area contributed by atoms with Crippen molar-refractivity contribution in [1.29, 1.82) is 0 Å². The van der Waals surface area contributed by atoms with E-state index in [1.807, 2.05) is 55.5 Å². The van der Waals surface area contributed by atoms with Crippen molar-refractivity contribution in [3.63, 3.8) is 0 Å². The second-order valence-corrected chi connectivity index (χ2v) is 5.31. The van der Waals surface area contributed by atoms with Crippen LogP contribution >= 0.6 is 12.2 Å². The van der Waals surface area contributed by atoms with E-state index in [1.54, 1.807) is 13.3 Å². The van der Waals surface area contributed by atoms with Crippen LogP contribution in [-0.2, 0) is 6.54 Å². The van der Waals surface area contributed by atoms with Crippen LogP contribution in [-0.4, -0.2) is 25.0 Å². The first-order valence-electron chi connectivity index (χ1n) is 7.64. The number of nitrogens with zero attached hydrogens (tertiary/aromatic N) is 1. The number of ether oxygens (including phenoxy) is 2. The summed E-state index contributed by atoms with van der Waals surface area (Å²) < 4.78 is 10.5. The maximum absolute atomic E-state index is 5.39. The molecule has 0 radical (unpaired) electrons. The molecule has 0 heterocycles. The Morgan fingerprint density at radius 2 is 1.75 bits per heavy atom.